The molecule has 3 rings (SSSR count). The molecule has 0 unspecified atom stereocenters. The van der Waals surface area contributed by atoms with Crippen LogP contribution in [0.5, 0.6) is 0 Å². The van der Waals surface area contributed by atoms with Crippen LogP contribution in [0.15, 0.2) is 5.38 Å². The molecule has 0 aromatic carbocycles. The van der Waals surface area contributed by atoms with Crippen LogP contribution >= 0.6 is 11.3 Å². The molecule has 0 spiro atoms. The molecular formula is C12H16N2OS. The lowest BCUT2D eigenvalue weighted by Crippen LogP contribution is -2.27. The molecule has 4 heteroatoms. The Morgan fingerprint density at radius 2 is 2.25 bits per heavy atom. The lowest BCUT2D eigenvalue weighted by molar-refractivity contribution is 0.101. The molecule has 0 bridgehead atoms. The average molecular weight is 236 g/mol. The van der Waals surface area contributed by atoms with Crippen LogP contribution in [0.4, 0.5) is 5.13 Å². The second-order valence-corrected chi connectivity index (χ2v) is 5.73. The van der Waals surface area contributed by atoms with Crippen molar-refractivity contribution in [1.29, 1.82) is 0 Å². The Bertz CT molecular complexity index is 407. The van der Waals surface area contributed by atoms with Crippen LogP contribution in [0.1, 0.15) is 43.1 Å². The van der Waals surface area contributed by atoms with Crippen molar-refractivity contribution in [2.24, 2.45) is 5.92 Å². The van der Waals surface area contributed by atoms with Crippen molar-refractivity contribution in [1.82, 2.24) is 4.98 Å². The van der Waals surface area contributed by atoms with Gasteiger partial charge in [0.25, 0.3) is 0 Å². The standard InChI is InChI=1S/C12H16N2OS/c1-8(15)11-7-16-12(13-11)14(10-4-5-10)6-9-2-3-9/h7,9-10H,2-6H2,1H3. The molecule has 0 amide bonds. The first kappa shape index (κ1) is 10.3. The third-order valence-corrected chi connectivity index (χ3v) is 4.12. The van der Waals surface area contributed by atoms with Gasteiger partial charge in [0.05, 0.1) is 0 Å². The zero-order chi connectivity index (χ0) is 11.1. The van der Waals surface area contributed by atoms with Gasteiger partial charge >= 0.3 is 0 Å². The quantitative estimate of drug-likeness (QED) is 0.737. The zero-order valence-electron chi connectivity index (χ0n) is 9.48. The van der Waals surface area contributed by atoms with Gasteiger partial charge in [-0.25, -0.2) is 4.98 Å². The Morgan fingerprint density at radius 1 is 1.50 bits per heavy atom. The molecule has 0 aliphatic heterocycles. The SMILES string of the molecule is CC(=O)c1csc(N(CC2CC2)C2CC2)n1. The minimum atomic E-state index is 0.0738. The molecule has 16 heavy (non-hydrogen) atoms. The topological polar surface area (TPSA) is 33.2 Å². The van der Waals surface area contributed by atoms with Gasteiger partial charge in [-0.15, -0.1) is 11.3 Å². The van der Waals surface area contributed by atoms with Crippen molar-refractivity contribution in [3.63, 3.8) is 0 Å². The molecule has 1 heterocycles. The highest BCUT2D eigenvalue weighted by molar-refractivity contribution is 7.14. The number of ketones is 1. The Balaban J connectivity index is 1.77. The molecule has 0 saturated heterocycles. The third kappa shape index (κ3) is 2.12. The highest BCUT2D eigenvalue weighted by Crippen LogP contribution is 2.38. The highest BCUT2D eigenvalue weighted by atomic mass is 32.1. The zero-order valence-corrected chi connectivity index (χ0v) is 10.3. The molecule has 0 radical (unpaired) electrons. The van der Waals surface area contributed by atoms with E-state index in [1.165, 1.54) is 25.7 Å². The summed E-state index contributed by atoms with van der Waals surface area (Å²) in [6, 6.07) is 0.701. The number of Topliss-reactive ketones (excluding diaryl/α,β-unsaturated/α-hetero) is 1. The van der Waals surface area contributed by atoms with Crippen molar-refractivity contribution in [3.8, 4) is 0 Å². The van der Waals surface area contributed by atoms with E-state index in [9.17, 15) is 4.79 Å². The maximum absolute atomic E-state index is 11.2. The van der Waals surface area contributed by atoms with E-state index in [-0.39, 0.29) is 5.78 Å². The second kappa shape index (κ2) is 3.84. The summed E-state index contributed by atoms with van der Waals surface area (Å²) in [5, 5.41) is 2.94. The van der Waals surface area contributed by atoms with Crippen molar-refractivity contribution in [2.75, 3.05) is 11.4 Å². The van der Waals surface area contributed by atoms with Crippen molar-refractivity contribution in [3.05, 3.63) is 11.1 Å². The average Bonchev–Trinajstić information content (AvgIpc) is 3.14. The van der Waals surface area contributed by atoms with Crippen molar-refractivity contribution >= 4 is 22.3 Å². The number of rotatable bonds is 5. The van der Waals surface area contributed by atoms with E-state index in [0.29, 0.717) is 11.7 Å². The molecule has 0 atom stereocenters. The summed E-state index contributed by atoms with van der Waals surface area (Å²) in [4.78, 5) is 18.1. The fraction of sp³-hybridized carbons (Fsp3) is 0.667. The Labute approximate surface area is 99.5 Å². The minimum absolute atomic E-state index is 0.0738. The van der Waals surface area contributed by atoms with Gasteiger partial charge in [-0.2, -0.15) is 0 Å². The van der Waals surface area contributed by atoms with Crippen LogP contribution in [0, 0.1) is 5.92 Å². The van der Waals surface area contributed by atoms with Crippen LogP contribution in [-0.4, -0.2) is 23.4 Å². The molecule has 2 saturated carbocycles. The lowest BCUT2D eigenvalue weighted by Gasteiger charge is -2.20. The second-order valence-electron chi connectivity index (χ2n) is 4.90. The van der Waals surface area contributed by atoms with Gasteiger partial charge in [0.1, 0.15) is 5.69 Å². The summed E-state index contributed by atoms with van der Waals surface area (Å²) in [6.07, 6.45) is 5.33. The van der Waals surface area contributed by atoms with Crippen LogP contribution in [0.2, 0.25) is 0 Å². The van der Waals surface area contributed by atoms with Gasteiger partial charge in [0.15, 0.2) is 10.9 Å². The number of aromatic nitrogens is 1. The molecule has 1 aromatic heterocycles. The minimum Gasteiger partial charge on any atom is -0.345 e. The Hall–Kier alpha value is -0.900. The van der Waals surface area contributed by atoms with Crippen molar-refractivity contribution in [2.45, 2.75) is 38.6 Å². The molecule has 3 nitrogen and oxygen atoms in total. The normalized spacial score (nSPS) is 19.8. The largest absolute Gasteiger partial charge is 0.345 e. The highest BCUT2D eigenvalue weighted by Gasteiger charge is 2.35. The van der Waals surface area contributed by atoms with Gasteiger partial charge in [-0.1, -0.05) is 0 Å². The van der Waals surface area contributed by atoms with Gasteiger partial charge in [0, 0.05) is 24.9 Å². The van der Waals surface area contributed by atoms with Gasteiger partial charge in [-0.3, -0.25) is 4.79 Å². The van der Waals surface area contributed by atoms with E-state index in [0.717, 1.165) is 17.6 Å². The Morgan fingerprint density at radius 3 is 2.75 bits per heavy atom. The molecule has 2 aliphatic carbocycles. The summed E-state index contributed by atoms with van der Waals surface area (Å²) in [6.45, 7) is 2.73. The van der Waals surface area contributed by atoms with E-state index >= 15 is 0 Å². The first-order valence-corrected chi connectivity index (χ1v) is 6.85. The summed E-state index contributed by atoms with van der Waals surface area (Å²) >= 11 is 1.62. The fourth-order valence-corrected chi connectivity index (χ4v) is 2.85. The maximum atomic E-state index is 11.2. The van der Waals surface area contributed by atoms with E-state index < -0.39 is 0 Å². The van der Waals surface area contributed by atoms with Crippen LogP contribution in [0.3, 0.4) is 0 Å². The van der Waals surface area contributed by atoms with E-state index in [2.05, 4.69) is 9.88 Å². The van der Waals surface area contributed by atoms with Gasteiger partial charge in [-0.05, 0) is 31.6 Å². The lowest BCUT2D eigenvalue weighted by atomic mass is 10.3. The predicted octanol–water partition coefficient (Wildman–Crippen LogP) is 2.72. The van der Waals surface area contributed by atoms with Crippen LogP contribution in [0.25, 0.3) is 0 Å². The van der Waals surface area contributed by atoms with Crippen molar-refractivity contribution < 1.29 is 4.79 Å². The maximum Gasteiger partial charge on any atom is 0.186 e. The van der Waals surface area contributed by atoms with E-state index in [1.54, 1.807) is 18.3 Å². The molecular weight excluding hydrogens is 220 g/mol. The molecule has 2 fully saturated rings. The molecule has 0 N–H and O–H groups in total. The number of nitrogens with zero attached hydrogens (tertiary/aromatic N) is 2. The van der Waals surface area contributed by atoms with Crippen LogP contribution in [-0.2, 0) is 0 Å². The monoisotopic (exact) mass is 236 g/mol. The van der Waals surface area contributed by atoms with Gasteiger partial charge in [0.2, 0.25) is 0 Å². The Kier molecular flexibility index (Phi) is 2.46. The number of anilines is 1. The number of hydrogen-bond donors (Lipinski definition) is 0. The van der Waals surface area contributed by atoms with Gasteiger partial charge < -0.3 is 4.90 Å². The summed E-state index contributed by atoms with van der Waals surface area (Å²) in [7, 11) is 0. The van der Waals surface area contributed by atoms with E-state index in [4.69, 9.17) is 0 Å². The number of hydrogen-bond acceptors (Lipinski definition) is 4. The molecule has 1 aromatic rings. The first-order chi connectivity index (χ1) is 7.74. The first-order valence-electron chi connectivity index (χ1n) is 5.97. The summed E-state index contributed by atoms with van der Waals surface area (Å²) in [5.74, 6) is 0.954. The molecule has 2 aliphatic rings. The third-order valence-electron chi connectivity index (χ3n) is 3.24. The number of carbonyl (C=O) groups excluding carboxylic acids is 1. The van der Waals surface area contributed by atoms with Crippen LogP contribution < -0.4 is 4.90 Å². The summed E-state index contributed by atoms with van der Waals surface area (Å²) in [5.41, 5.74) is 0.626. The predicted molar refractivity (Wildman–Crippen MR) is 65.2 cm³/mol. The fourth-order valence-electron chi connectivity index (χ4n) is 1.91. The number of carbonyl (C=O) groups is 1. The number of thiazole rings is 1. The molecule has 86 valence electrons. The van der Waals surface area contributed by atoms with E-state index in [1.807, 2.05) is 5.38 Å². The smallest absolute Gasteiger partial charge is 0.186 e. The summed E-state index contributed by atoms with van der Waals surface area (Å²) < 4.78 is 0.